The molecule has 0 saturated carbocycles. The highest BCUT2D eigenvalue weighted by Gasteiger charge is 2.13. The van der Waals surface area contributed by atoms with Crippen molar-refractivity contribution in [2.75, 3.05) is 7.11 Å². The maximum absolute atomic E-state index is 11.6. The summed E-state index contributed by atoms with van der Waals surface area (Å²) in [6.07, 6.45) is 0. The first-order valence-corrected chi connectivity index (χ1v) is 9.05. The smallest absolute Gasteiger partial charge is 0.371 e. The van der Waals surface area contributed by atoms with E-state index >= 15 is 0 Å². The van der Waals surface area contributed by atoms with E-state index < -0.39 is 0 Å². The Balaban J connectivity index is 2.23. The van der Waals surface area contributed by atoms with Crippen LogP contribution in [0.2, 0.25) is 0 Å². The SMILES string of the molecule is COC(=O)Sc1cccc(I)c1COc1cc(C)c(C)cc1C. The van der Waals surface area contributed by atoms with E-state index in [1.165, 1.54) is 18.2 Å². The average Bonchev–Trinajstić information content (AvgIpc) is 2.51. The molecule has 0 unspecified atom stereocenters. The number of benzene rings is 2. The summed E-state index contributed by atoms with van der Waals surface area (Å²) in [6.45, 7) is 6.63. The topological polar surface area (TPSA) is 35.5 Å². The van der Waals surface area contributed by atoms with Gasteiger partial charge >= 0.3 is 5.30 Å². The molecule has 0 radical (unpaired) electrons. The maximum atomic E-state index is 11.6. The van der Waals surface area contributed by atoms with Crippen molar-refractivity contribution in [1.82, 2.24) is 0 Å². The second kappa shape index (κ2) is 8.06. The van der Waals surface area contributed by atoms with Crippen LogP contribution < -0.4 is 4.74 Å². The molecule has 0 aliphatic rings. The zero-order chi connectivity index (χ0) is 17.0. The van der Waals surface area contributed by atoms with Gasteiger partial charge in [-0.3, -0.25) is 0 Å². The molecule has 0 aliphatic heterocycles. The predicted octanol–water partition coefficient (Wildman–Crippen LogP) is 5.65. The van der Waals surface area contributed by atoms with Gasteiger partial charge in [-0.15, -0.1) is 0 Å². The molecule has 0 spiro atoms. The van der Waals surface area contributed by atoms with E-state index in [1.54, 1.807) is 0 Å². The third kappa shape index (κ3) is 4.64. The fourth-order valence-electron chi connectivity index (χ4n) is 2.15. The standard InChI is InChI=1S/C18H19IO3S/c1-11-8-13(3)16(9-12(11)2)22-10-14-15(19)6-5-7-17(14)23-18(20)21-4/h5-9H,10H2,1-4H3. The van der Waals surface area contributed by atoms with Gasteiger partial charge in [-0.05, 0) is 90.0 Å². The minimum absolute atomic E-state index is 0.324. The van der Waals surface area contributed by atoms with Crippen LogP contribution in [0.25, 0.3) is 0 Å². The van der Waals surface area contributed by atoms with Crippen molar-refractivity contribution >= 4 is 39.7 Å². The first-order chi connectivity index (χ1) is 10.9. The van der Waals surface area contributed by atoms with Crippen molar-refractivity contribution < 1.29 is 14.3 Å². The number of aryl methyl sites for hydroxylation is 3. The summed E-state index contributed by atoms with van der Waals surface area (Å²) in [5, 5.41) is -0.324. The number of rotatable bonds is 4. The number of thioether (sulfide) groups is 1. The predicted molar refractivity (Wildman–Crippen MR) is 102 cm³/mol. The van der Waals surface area contributed by atoms with Crippen LogP contribution in [0.15, 0.2) is 35.2 Å². The lowest BCUT2D eigenvalue weighted by molar-refractivity contribution is 0.200. The minimum Gasteiger partial charge on any atom is -0.489 e. The van der Waals surface area contributed by atoms with Crippen LogP contribution in [0, 0.1) is 24.3 Å². The quantitative estimate of drug-likeness (QED) is 0.348. The van der Waals surface area contributed by atoms with Gasteiger partial charge in [0.25, 0.3) is 0 Å². The number of ether oxygens (including phenoxy) is 2. The van der Waals surface area contributed by atoms with E-state index in [1.807, 2.05) is 25.1 Å². The third-order valence-corrected chi connectivity index (χ3v) is 5.55. The fraction of sp³-hybridized carbons (Fsp3) is 0.278. The number of methoxy groups -OCH3 is 1. The first kappa shape index (κ1) is 18.1. The van der Waals surface area contributed by atoms with E-state index in [2.05, 4.69) is 48.6 Å². The minimum atomic E-state index is -0.324. The van der Waals surface area contributed by atoms with Gasteiger partial charge in [0.05, 0.1) is 7.11 Å². The Kier molecular flexibility index (Phi) is 6.35. The molecule has 5 heteroatoms. The molecule has 0 saturated heterocycles. The average molecular weight is 442 g/mol. The molecule has 0 N–H and O–H groups in total. The van der Waals surface area contributed by atoms with Gasteiger partial charge in [0.15, 0.2) is 0 Å². The number of carbonyl (C=O) groups excluding carboxylic acids is 1. The molecule has 0 bridgehead atoms. The Labute approximate surface area is 154 Å². The highest BCUT2D eigenvalue weighted by Crippen LogP contribution is 2.30. The summed E-state index contributed by atoms with van der Waals surface area (Å²) in [5.74, 6) is 0.877. The van der Waals surface area contributed by atoms with Crippen molar-refractivity contribution in [3.05, 3.63) is 56.2 Å². The van der Waals surface area contributed by atoms with Gasteiger partial charge in [0, 0.05) is 14.0 Å². The summed E-state index contributed by atoms with van der Waals surface area (Å²) < 4.78 is 11.8. The lowest BCUT2D eigenvalue weighted by Crippen LogP contribution is -2.03. The van der Waals surface area contributed by atoms with E-state index in [0.29, 0.717) is 6.61 Å². The van der Waals surface area contributed by atoms with Gasteiger partial charge in [-0.25, -0.2) is 4.79 Å². The highest BCUT2D eigenvalue weighted by molar-refractivity contribution is 14.1. The lowest BCUT2D eigenvalue weighted by atomic mass is 10.1. The maximum Gasteiger partial charge on any atom is 0.371 e. The molecule has 23 heavy (non-hydrogen) atoms. The van der Waals surface area contributed by atoms with E-state index in [0.717, 1.165) is 37.1 Å². The number of carbonyl (C=O) groups is 1. The summed E-state index contributed by atoms with van der Waals surface area (Å²) >= 11 is 3.35. The molecule has 2 aromatic rings. The van der Waals surface area contributed by atoms with Crippen LogP contribution in [0.4, 0.5) is 4.79 Å². The van der Waals surface area contributed by atoms with Gasteiger partial charge in [-0.2, -0.15) is 0 Å². The Morgan fingerprint density at radius 2 is 1.83 bits per heavy atom. The van der Waals surface area contributed by atoms with E-state index in [9.17, 15) is 4.79 Å². The lowest BCUT2D eigenvalue weighted by Gasteiger charge is -2.15. The second-order valence-electron chi connectivity index (χ2n) is 5.26. The molecule has 3 nitrogen and oxygen atoms in total. The zero-order valence-corrected chi connectivity index (χ0v) is 16.6. The van der Waals surface area contributed by atoms with Gasteiger partial charge < -0.3 is 9.47 Å². The van der Waals surface area contributed by atoms with Gasteiger partial charge in [0.1, 0.15) is 12.4 Å². The second-order valence-corrected chi connectivity index (χ2v) is 7.40. The number of halogens is 1. The molecule has 0 heterocycles. The van der Waals surface area contributed by atoms with Crippen LogP contribution in [0.5, 0.6) is 5.75 Å². The largest absolute Gasteiger partial charge is 0.489 e. The molecule has 0 aromatic heterocycles. The molecule has 0 fully saturated rings. The fourth-order valence-corrected chi connectivity index (χ4v) is 3.68. The molecule has 122 valence electrons. The summed E-state index contributed by atoms with van der Waals surface area (Å²) in [4.78, 5) is 12.4. The Morgan fingerprint density at radius 3 is 2.52 bits per heavy atom. The van der Waals surface area contributed by atoms with Gasteiger partial charge in [0.2, 0.25) is 0 Å². The normalized spacial score (nSPS) is 10.5. The summed E-state index contributed by atoms with van der Waals surface area (Å²) in [5.41, 5.74) is 4.57. The van der Waals surface area contributed by atoms with Crippen molar-refractivity contribution in [3.63, 3.8) is 0 Å². The highest BCUT2D eigenvalue weighted by atomic mass is 127. The molecule has 0 aliphatic carbocycles. The van der Waals surface area contributed by atoms with Crippen LogP contribution in [-0.2, 0) is 11.3 Å². The van der Waals surface area contributed by atoms with Crippen LogP contribution >= 0.6 is 34.4 Å². The van der Waals surface area contributed by atoms with Crippen LogP contribution in [0.1, 0.15) is 22.3 Å². The number of hydrogen-bond acceptors (Lipinski definition) is 4. The van der Waals surface area contributed by atoms with Crippen molar-refractivity contribution in [1.29, 1.82) is 0 Å². The van der Waals surface area contributed by atoms with Crippen molar-refractivity contribution in [2.45, 2.75) is 32.3 Å². The van der Waals surface area contributed by atoms with E-state index in [-0.39, 0.29) is 5.30 Å². The molecule has 0 atom stereocenters. The Bertz CT molecular complexity index is 728. The third-order valence-electron chi connectivity index (χ3n) is 3.60. The van der Waals surface area contributed by atoms with Crippen LogP contribution in [-0.4, -0.2) is 12.4 Å². The first-order valence-electron chi connectivity index (χ1n) is 7.16. The molecule has 2 aromatic carbocycles. The number of hydrogen-bond donors (Lipinski definition) is 0. The molecular weight excluding hydrogens is 423 g/mol. The summed E-state index contributed by atoms with van der Waals surface area (Å²) in [6, 6.07) is 10.0. The van der Waals surface area contributed by atoms with Crippen molar-refractivity contribution in [2.24, 2.45) is 0 Å². The monoisotopic (exact) mass is 442 g/mol. The van der Waals surface area contributed by atoms with E-state index in [4.69, 9.17) is 9.47 Å². The molecular formula is C18H19IO3S. The molecule has 2 rings (SSSR count). The van der Waals surface area contributed by atoms with Gasteiger partial charge in [-0.1, -0.05) is 12.1 Å². The van der Waals surface area contributed by atoms with Crippen molar-refractivity contribution in [3.8, 4) is 5.75 Å². The Hall–Kier alpha value is -1.21. The summed E-state index contributed by atoms with van der Waals surface area (Å²) in [7, 11) is 1.39. The zero-order valence-electron chi connectivity index (χ0n) is 13.6. The van der Waals surface area contributed by atoms with Crippen LogP contribution in [0.3, 0.4) is 0 Å². The molecule has 0 amide bonds. The Morgan fingerprint density at radius 1 is 1.13 bits per heavy atom.